The average molecular weight is 391 g/mol. The Morgan fingerprint density at radius 2 is 1.79 bits per heavy atom. The molecule has 0 bridgehead atoms. The fourth-order valence-electron chi connectivity index (χ4n) is 4.43. The molecule has 0 unspecified atom stereocenters. The third-order valence-electron chi connectivity index (χ3n) is 6.07. The molecule has 1 amide bonds. The molecule has 1 aliphatic carbocycles. The van der Waals surface area contributed by atoms with Crippen LogP contribution in [0.4, 0.5) is 20.7 Å². The Balaban J connectivity index is 1.27. The van der Waals surface area contributed by atoms with Gasteiger partial charge in [0.2, 0.25) is 0 Å². The summed E-state index contributed by atoms with van der Waals surface area (Å²) in [6.07, 6.45) is 6.58. The minimum absolute atomic E-state index is 0.402. The number of aromatic nitrogens is 1. The van der Waals surface area contributed by atoms with Crippen LogP contribution in [-0.2, 0) is 4.84 Å². The first-order valence-electron chi connectivity index (χ1n) is 10.5. The lowest BCUT2D eigenvalue weighted by Gasteiger charge is -2.38. The number of rotatable bonds is 4. The zero-order valence-electron chi connectivity index (χ0n) is 16.4. The van der Waals surface area contributed by atoms with Crippen LogP contribution in [0.15, 0.2) is 18.3 Å². The molecule has 1 saturated carbocycles. The van der Waals surface area contributed by atoms with E-state index in [9.17, 15) is 9.18 Å². The number of alkyl halides is 1. The third kappa shape index (κ3) is 4.91. The van der Waals surface area contributed by atoms with Gasteiger partial charge in [-0.15, -0.1) is 5.06 Å². The number of nitrogens with zero attached hydrogens (tertiary/aromatic N) is 4. The highest BCUT2D eigenvalue weighted by atomic mass is 19.1. The number of anilines is 2. The number of nitrogens with one attached hydrogen (secondary N) is 1. The van der Waals surface area contributed by atoms with E-state index in [1.54, 1.807) is 12.3 Å². The molecule has 0 atom stereocenters. The quantitative estimate of drug-likeness (QED) is 0.851. The second kappa shape index (κ2) is 9.05. The van der Waals surface area contributed by atoms with Crippen LogP contribution in [0.5, 0.6) is 0 Å². The Morgan fingerprint density at radius 3 is 2.50 bits per heavy atom. The topological polar surface area (TPSA) is 60.9 Å². The van der Waals surface area contributed by atoms with Crippen molar-refractivity contribution in [2.24, 2.45) is 0 Å². The Bertz CT molecular complexity index is 654. The number of halogens is 1. The van der Waals surface area contributed by atoms with Crippen molar-refractivity contribution in [3.8, 4) is 0 Å². The maximum Gasteiger partial charge on any atom is 0.430 e. The first-order valence-corrected chi connectivity index (χ1v) is 10.5. The average Bonchev–Trinajstić information content (AvgIpc) is 3.25. The molecule has 0 radical (unpaired) electrons. The van der Waals surface area contributed by atoms with Crippen LogP contribution in [0.2, 0.25) is 0 Å². The number of hydrogen-bond donors (Lipinski definition) is 1. The van der Waals surface area contributed by atoms with Gasteiger partial charge in [0.05, 0.1) is 0 Å². The molecule has 2 saturated heterocycles. The van der Waals surface area contributed by atoms with Gasteiger partial charge in [-0.05, 0) is 31.7 Å². The number of amides is 1. The maximum absolute atomic E-state index is 13.2. The number of carbonyl (C=O) groups excluding carboxylic acids is 1. The van der Waals surface area contributed by atoms with Crippen LogP contribution in [0.3, 0.4) is 0 Å². The number of piperazine rings is 1. The highest BCUT2D eigenvalue weighted by Gasteiger charge is 2.27. The Kier molecular flexibility index (Phi) is 6.26. The molecule has 1 N–H and O–H groups in total. The number of hydrogen-bond acceptors (Lipinski definition) is 6. The molecule has 0 aromatic carbocycles. The fourth-order valence-corrected chi connectivity index (χ4v) is 4.43. The zero-order valence-corrected chi connectivity index (χ0v) is 16.4. The number of carbonyl (C=O) groups is 1. The van der Waals surface area contributed by atoms with E-state index >= 15 is 0 Å². The summed E-state index contributed by atoms with van der Waals surface area (Å²) in [5.41, 5.74) is 0.661. The first-order chi connectivity index (χ1) is 13.7. The first kappa shape index (κ1) is 19.4. The van der Waals surface area contributed by atoms with Gasteiger partial charge >= 0.3 is 6.09 Å². The second-order valence-corrected chi connectivity index (χ2v) is 7.97. The van der Waals surface area contributed by atoms with Gasteiger partial charge in [-0.25, -0.2) is 14.2 Å². The van der Waals surface area contributed by atoms with Gasteiger partial charge in [-0.2, -0.15) is 0 Å². The van der Waals surface area contributed by atoms with Crippen LogP contribution in [0.25, 0.3) is 0 Å². The van der Waals surface area contributed by atoms with Crippen LogP contribution in [0.1, 0.15) is 38.5 Å². The molecular weight excluding hydrogens is 361 g/mol. The van der Waals surface area contributed by atoms with Gasteiger partial charge in [-0.3, -0.25) is 10.2 Å². The number of pyridine rings is 1. The lowest BCUT2D eigenvalue weighted by Crippen LogP contribution is -2.50. The van der Waals surface area contributed by atoms with Crippen molar-refractivity contribution in [2.45, 2.75) is 50.7 Å². The molecule has 4 rings (SSSR count). The second-order valence-electron chi connectivity index (χ2n) is 7.97. The van der Waals surface area contributed by atoms with Gasteiger partial charge in [0, 0.05) is 63.3 Å². The molecule has 28 heavy (non-hydrogen) atoms. The zero-order chi connectivity index (χ0) is 19.3. The lowest BCUT2D eigenvalue weighted by atomic mass is 10.1. The molecular formula is C20H30FN5O2. The maximum atomic E-state index is 13.2. The predicted molar refractivity (Wildman–Crippen MR) is 106 cm³/mol. The van der Waals surface area contributed by atoms with E-state index in [1.807, 2.05) is 6.07 Å². The SMILES string of the molecule is O=C(Nc1ccnc(N2CCN(C3CCCC3)CC2)c1)ON1CCC(F)CC1. The number of hydroxylamine groups is 2. The Hall–Kier alpha value is -1.93. The van der Waals surface area contributed by atoms with Crippen molar-refractivity contribution in [3.63, 3.8) is 0 Å². The fraction of sp³-hybridized carbons (Fsp3) is 0.700. The summed E-state index contributed by atoms with van der Waals surface area (Å²) < 4.78 is 13.2. The molecule has 8 heteroatoms. The minimum atomic E-state index is -0.792. The van der Waals surface area contributed by atoms with Crippen LogP contribution < -0.4 is 10.2 Å². The largest absolute Gasteiger partial charge is 0.430 e. The van der Waals surface area contributed by atoms with Gasteiger partial charge < -0.3 is 9.74 Å². The van der Waals surface area contributed by atoms with E-state index in [1.165, 1.54) is 30.7 Å². The molecule has 7 nitrogen and oxygen atoms in total. The lowest BCUT2D eigenvalue weighted by molar-refractivity contribution is -0.115. The highest BCUT2D eigenvalue weighted by Crippen LogP contribution is 2.26. The van der Waals surface area contributed by atoms with E-state index < -0.39 is 12.3 Å². The van der Waals surface area contributed by atoms with Crippen molar-refractivity contribution in [2.75, 3.05) is 49.5 Å². The summed E-state index contributed by atoms with van der Waals surface area (Å²) in [5.74, 6) is 0.877. The summed E-state index contributed by atoms with van der Waals surface area (Å²) in [6, 6.07) is 4.41. The third-order valence-corrected chi connectivity index (χ3v) is 6.07. The Morgan fingerprint density at radius 1 is 1.07 bits per heavy atom. The minimum Gasteiger partial charge on any atom is -0.354 e. The van der Waals surface area contributed by atoms with E-state index in [4.69, 9.17) is 4.84 Å². The predicted octanol–water partition coefficient (Wildman–Crippen LogP) is 3.04. The van der Waals surface area contributed by atoms with Crippen molar-refractivity contribution in [3.05, 3.63) is 18.3 Å². The van der Waals surface area contributed by atoms with Gasteiger partial charge in [-0.1, -0.05) is 12.8 Å². The Labute approximate surface area is 165 Å². The van der Waals surface area contributed by atoms with Crippen LogP contribution >= 0.6 is 0 Å². The van der Waals surface area contributed by atoms with E-state index in [0.717, 1.165) is 38.0 Å². The molecule has 3 fully saturated rings. The summed E-state index contributed by atoms with van der Waals surface area (Å²) in [6.45, 7) is 4.90. The van der Waals surface area contributed by atoms with Crippen molar-refractivity contribution >= 4 is 17.6 Å². The van der Waals surface area contributed by atoms with Gasteiger partial charge in [0.25, 0.3) is 0 Å². The van der Waals surface area contributed by atoms with Crippen LogP contribution in [0, 0.1) is 0 Å². The molecule has 1 aromatic rings. The molecule has 2 aliphatic heterocycles. The summed E-state index contributed by atoms with van der Waals surface area (Å²) in [7, 11) is 0. The monoisotopic (exact) mass is 391 g/mol. The van der Waals surface area contributed by atoms with Crippen molar-refractivity contribution in [1.82, 2.24) is 14.9 Å². The number of piperidine rings is 1. The van der Waals surface area contributed by atoms with E-state index in [0.29, 0.717) is 31.6 Å². The summed E-state index contributed by atoms with van der Waals surface area (Å²) in [5, 5.41) is 4.28. The van der Waals surface area contributed by atoms with E-state index in [-0.39, 0.29) is 0 Å². The van der Waals surface area contributed by atoms with E-state index in [2.05, 4.69) is 20.1 Å². The molecule has 3 heterocycles. The van der Waals surface area contributed by atoms with Gasteiger partial charge in [0.15, 0.2) is 0 Å². The van der Waals surface area contributed by atoms with Crippen molar-refractivity contribution in [1.29, 1.82) is 0 Å². The standard InChI is InChI=1S/C20H30FN5O2/c21-16-6-9-26(10-7-16)28-20(27)23-17-5-8-22-19(15-17)25-13-11-24(12-14-25)18-3-1-2-4-18/h5,8,15-16,18H,1-4,6-7,9-14H2,(H,22,23,27). The molecule has 1 aromatic heterocycles. The highest BCUT2D eigenvalue weighted by molar-refractivity contribution is 5.84. The summed E-state index contributed by atoms with van der Waals surface area (Å²) in [4.78, 5) is 26.8. The van der Waals surface area contributed by atoms with Crippen LogP contribution in [-0.4, -0.2) is 72.5 Å². The smallest absolute Gasteiger partial charge is 0.354 e. The molecule has 0 spiro atoms. The normalized spacial score (nSPS) is 23.1. The summed E-state index contributed by atoms with van der Waals surface area (Å²) >= 11 is 0. The van der Waals surface area contributed by atoms with Gasteiger partial charge in [0.1, 0.15) is 12.0 Å². The molecule has 154 valence electrons. The van der Waals surface area contributed by atoms with Crippen molar-refractivity contribution < 1.29 is 14.0 Å². The molecule has 3 aliphatic rings.